The number of hydrogen-bond donors (Lipinski definition) is 1. The average Bonchev–Trinajstić information content (AvgIpc) is 3.27. The van der Waals surface area contributed by atoms with Crippen molar-refractivity contribution in [2.75, 3.05) is 32.8 Å². The van der Waals surface area contributed by atoms with E-state index in [-0.39, 0.29) is 12.1 Å². The monoisotopic (exact) mass is 298 g/mol. The first kappa shape index (κ1) is 16.7. The summed E-state index contributed by atoms with van der Waals surface area (Å²) in [4.78, 5) is 15.0. The Morgan fingerprint density at radius 3 is 2.67 bits per heavy atom. The molecular weight excluding hydrogens is 268 g/mol. The largest absolute Gasteiger partial charge is 0.465 e. The van der Waals surface area contributed by atoms with Crippen molar-refractivity contribution < 1.29 is 14.3 Å². The summed E-state index contributed by atoms with van der Waals surface area (Å²) >= 11 is 0. The first-order valence-corrected chi connectivity index (χ1v) is 8.31. The minimum absolute atomic E-state index is 0.0827. The number of esters is 1. The molecule has 0 spiro atoms. The van der Waals surface area contributed by atoms with Gasteiger partial charge in [0, 0.05) is 19.1 Å². The highest BCUT2D eigenvalue weighted by Gasteiger charge is 2.53. The molecule has 0 radical (unpaired) electrons. The highest BCUT2D eigenvalue weighted by molar-refractivity contribution is 5.82. The summed E-state index contributed by atoms with van der Waals surface area (Å²) in [5.74, 6) is 0.322. The summed E-state index contributed by atoms with van der Waals surface area (Å²) in [5, 5.41) is 3.47. The Hall–Kier alpha value is -0.650. The van der Waals surface area contributed by atoms with Gasteiger partial charge in [0.25, 0.3) is 0 Å². The second-order valence-corrected chi connectivity index (χ2v) is 6.42. The average molecular weight is 298 g/mol. The van der Waals surface area contributed by atoms with Crippen molar-refractivity contribution in [1.29, 1.82) is 0 Å². The molecule has 0 aromatic rings. The van der Waals surface area contributed by atoms with Crippen LogP contribution in [0.3, 0.4) is 0 Å². The number of rotatable bonds is 7. The predicted octanol–water partition coefficient (Wildman–Crippen LogP) is 1.42. The third kappa shape index (κ3) is 3.76. The topological polar surface area (TPSA) is 50.8 Å². The van der Waals surface area contributed by atoms with E-state index in [1.165, 1.54) is 0 Å². The van der Waals surface area contributed by atoms with Gasteiger partial charge in [-0.25, -0.2) is 4.79 Å². The van der Waals surface area contributed by atoms with Gasteiger partial charge in [0.15, 0.2) is 0 Å². The van der Waals surface area contributed by atoms with Crippen LogP contribution < -0.4 is 5.32 Å². The lowest BCUT2D eigenvalue weighted by molar-refractivity contribution is -0.155. The fourth-order valence-corrected chi connectivity index (χ4v) is 3.30. The molecule has 1 aliphatic heterocycles. The highest BCUT2D eigenvalue weighted by atomic mass is 16.5. The van der Waals surface area contributed by atoms with Crippen LogP contribution in [-0.4, -0.2) is 61.4 Å². The molecule has 2 fully saturated rings. The van der Waals surface area contributed by atoms with Gasteiger partial charge in [-0.15, -0.1) is 0 Å². The van der Waals surface area contributed by atoms with E-state index in [1.54, 1.807) is 0 Å². The van der Waals surface area contributed by atoms with E-state index in [0.29, 0.717) is 18.6 Å². The first-order valence-electron chi connectivity index (χ1n) is 8.31. The number of nitrogens with one attached hydrogen (secondary N) is 1. The van der Waals surface area contributed by atoms with Gasteiger partial charge in [0.05, 0.1) is 19.3 Å². The lowest BCUT2D eigenvalue weighted by Crippen LogP contribution is -2.64. The standard InChI is InChI=1S/C16H30N2O3/c1-5-17-16(14-7-8-14,15(19)20-6-2)11-18-9-13(4)21-10-12(18)3/h12-14,17H,5-11H2,1-4H3. The van der Waals surface area contributed by atoms with E-state index in [1.807, 2.05) is 6.92 Å². The smallest absolute Gasteiger partial charge is 0.327 e. The summed E-state index contributed by atoms with van der Waals surface area (Å²) < 4.78 is 11.1. The molecule has 1 aliphatic carbocycles. The number of likely N-dealkylation sites (N-methyl/N-ethyl adjacent to an activating group) is 1. The van der Waals surface area contributed by atoms with Gasteiger partial charge in [-0.2, -0.15) is 0 Å². The van der Waals surface area contributed by atoms with E-state index in [2.05, 4.69) is 31.0 Å². The van der Waals surface area contributed by atoms with E-state index < -0.39 is 5.54 Å². The van der Waals surface area contributed by atoms with Crippen LogP contribution in [0, 0.1) is 5.92 Å². The third-order valence-electron chi connectivity index (χ3n) is 4.60. The first-order chi connectivity index (χ1) is 10.0. The molecule has 0 amide bonds. The molecule has 1 N–H and O–H groups in total. The lowest BCUT2D eigenvalue weighted by atomic mass is 9.91. The number of ether oxygens (including phenoxy) is 2. The molecule has 2 rings (SSSR count). The van der Waals surface area contributed by atoms with Crippen molar-refractivity contribution in [3.05, 3.63) is 0 Å². The fourth-order valence-electron chi connectivity index (χ4n) is 3.30. The van der Waals surface area contributed by atoms with Crippen LogP contribution >= 0.6 is 0 Å². The van der Waals surface area contributed by atoms with Crippen molar-refractivity contribution in [2.24, 2.45) is 5.92 Å². The Morgan fingerprint density at radius 1 is 1.38 bits per heavy atom. The van der Waals surface area contributed by atoms with E-state index in [9.17, 15) is 4.79 Å². The minimum Gasteiger partial charge on any atom is -0.465 e. The normalized spacial score (nSPS) is 29.9. The quantitative estimate of drug-likeness (QED) is 0.720. The maximum Gasteiger partial charge on any atom is 0.327 e. The van der Waals surface area contributed by atoms with Gasteiger partial charge < -0.3 is 14.8 Å². The van der Waals surface area contributed by atoms with Crippen LogP contribution in [0.4, 0.5) is 0 Å². The molecule has 5 heteroatoms. The van der Waals surface area contributed by atoms with E-state index >= 15 is 0 Å². The Morgan fingerprint density at radius 2 is 2.10 bits per heavy atom. The summed E-state index contributed by atoms with van der Waals surface area (Å²) in [6.45, 7) is 11.7. The molecule has 5 nitrogen and oxygen atoms in total. The number of nitrogens with zero attached hydrogens (tertiary/aromatic N) is 1. The molecule has 21 heavy (non-hydrogen) atoms. The predicted molar refractivity (Wildman–Crippen MR) is 82.2 cm³/mol. The highest BCUT2D eigenvalue weighted by Crippen LogP contribution is 2.41. The Labute approximate surface area is 128 Å². The zero-order valence-electron chi connectivity index (χ0n) is 13.9. The number of carbonyl (C=O) groups excluding carboxylic acids is 1. The molecular formula is C16H30N2O3. The van der Waals surface area contributed by atoms with Gasteiger partial charge in [-0.05, 0) is 46.1 Å². The van der Waals surface area contributed by atoms with Crippen LogP contribution in [0.2, 0.25) is 0 Å². The zero-order valence-corrected chi connectivity index (χ0v) is 13.9. The van der Waals surface area contributed by atoms with Crippen LogP contribution in [0.5, 0.6) is 0 Å². The van der Waals surface area contributed by atoms with E-state index in [0.717, 1.165) is 39.1 Å². The molecule has 3 unspecified atom stereocenters. The molecule has 122 valence electrons. The summed E-state index contributed by atoms with van der Waals surface area (Å²) in [7, 11) is 0. The summed E-state index contributed by atoms with van der Waals surface area (Å²) in [6.07, 6.45) is 2.45. The van der Waals surface area contributed by atoms with Gasteiger partial charge in [0.2, 0.25) is 0 Å². The summed E-state index contributed by atoms with van der Waals surface area (Å²) in [6, 6.07) is 0.340. The lowest BCUT2D eigenvalue weighted by Gasteiger charge is -2.43. The SMILES string of the molecule is CCNC(CN1CC(C)OCC1C)(C(=O)OCC)C1CC1. The van der Waals surface area contributed by atoms with Crippen LogP contribution in [0.15, 0.2) is 0 Å². The van der Waals surface area contributed by atoms with Crippen LogP contribution in [-0.2, 0) is 14.3 Å². The number of carbonyl (C=O) groups is 1. The van der Waals surface area contributed by atoms with Gasteiger partial charge >= 0.3 is 5.97 Å². The molecule has 0 aromatic heterocycles. The molecule has 1 saturated carbocycles. The van der Waals surface area contributed by atoms with Gasteiger partial charge in [0.1, 0.15) is 5.54 Å². The molecule has 0 bridgehead atoms. The maximum atomic E-state index is 12.7. The Balaban J connectivity index is 2.15. The number of hydrogen-bond acceptors (Lipinski definition) is 5. The van der Waals surface area contributed by atoms with Gasteiger partial charge in [-0.1, -0.05) is 6.92 Å². The van der Waals surface area contributed by atoms with Crippen molar-refractivity contribution in [3.63, 3.8) is 0 Å². The Bertz CT molecular complexity index is 359. The van der Waals surface area contributed by atoms with Crippen molar-refractivity contribution >= 4 is 5.97 Å². The molecule has 3 atom stereocenters. The third-order valence-corrected chi connectivity index (χ3v) is 4.60. The fraction of sp³-hybridized carbons (Fsp3) is 0.938. The molecule has 1 heterocycles. The minimum atomic E-state index is -0.546. The van der Waals surface area contributed by atoms with E-state index in [4.69, 9.17) is 9.47 Å². The molecule has 2 aliphatic rings. The van der Waals surface area contributed by atoms with Crippen molar-refractivity contribution in [2.45, 2.75) is 58.2 Å². The van der Waals surface area contributed by atoms with Crippen LogP contribution in [0.25, 0.3) is 0 Å². The molecule has 1 saturated heterocycles. The van der Waals surface area contributed by atoms with Crippen LogP contribution in [0.1, 0.15) is 40.5 Å². The zero-order chi connectivity index (χ0) is 15.5. The van der Waals surface area contributed by atoms with Crippen molar-refractivity contribution in [3.8, 4) is 0 Å². The number of morpholine rings is 1. The maximum absolute atomic E-state index is 12.7. The summed E-state index contributed by atoms with van der Waals surface area (Å²) in [5.41, 5.74) is -0.546. The Kier molecular flexibility index (Phi) is 5.63. The second kappa shape index (κ2) is 7.07. The second-order valence-electron chi connectivity index (χ2n) is 6.42. The van der Waals surface area contributed by atoms with Gasteiger partial charge in [-0.3, -0.25) is 4.90 Å². The molecule has 0 aromatic carbocycles. The van der Waals surface area contributed by atoms with Crippen molar-refractivity contribution in [1.82, 2.24) is 10.2 Å².